The number of halogens is 2. The molecule has 1 aliphatic heterocycles. The smallest absolute Gasteiger partial charge is 0.204 e. The average Bonchev–Trinajstić information content (AvgIpc) is 2.78. The van der Waals surface area contributed by atoms with E-state index < -0.39 is 11.6 Å². The Morgan fingerprint density at radius 3 is 2.13 bits per heavy atom. The SMILES string of the molecule is CCCC1CCC(C2CCC(C3CCc4cc(OCC)c(F)c(F)c4O3)CC2)CC1. The maximum atomic E-state index is 14.6. The van der Waals surface area contributed by atoms with Crippen molar-refractivity contribution in [1.29, 1.82) is 0 Å². The number of hydrogen-bond donors (Lipinski definition) is 0. The van der Waals surface area contributed by atoms with Gasteiger partial charge in [0.2, 0.25) is 11.6 Å². The van der Waals surface area contributed by atoms with E-state index in [4.69, 9.17) is 9.47 Å². The normalized spacial score (nSPS) is 31.7. The molecular formula is C26H38F2O2. The van der Waals surface area contributed by atoms with Crippen LogP contribution >= 0.6 is 0 Å². The van der Waals surface area contributed by atoms with E-state index >= 15 is 0 Å². The van der Waals surface area contributed by atoms with Crippen LogP contribution in [0.4, 0.5) is 8.78 Å². The van der Waals surface area contributed by atoms with Crippen LogP contribution in [0.3, 0.4) is 0 Å². The molecule has 4 heteroatoms. The predicted molar refractivity (Wildman–Crippen MR) is 116 cm³/mol. The Morgan fingerprint density at radius 2 is 1.50 bits per heavy atom. The lowest BCUT2D eigenvalue weighted by atomic mass is 9.67. The first-order valence-corrected chi connectivity index (χ1v) is 12.4. The quantitative estimate of drug-likeness (QED) is 0.475. The molecule has 1 aromatic rings. The summed E-state index contributed by atoms with van der Waals surface area (Å²) in [5, 5.41) is 0. The van der Waals surface area contributed by atoms with Crippen molar-refractivity contribution in [2.45, 2.75) is 97.0 Å². The average molecular weight is 421 g/mol. The van der Waals surface area contributed by atoms with E-state index in [0.717, 1.165) is 36.2 Å². The monoisotopic (exact) mass is 420 g/mol. The van der Waals surface area contributed by atoms with Crippen LogP contribution in [-0.2, 0) is 6.42 Å². The molecule has 30 heavy (non-hydrogen) atoms. The molecule has 0 amide bonds. The fourth-order valence-corrected chi connectivity index (χ4v) is 6.39. The first-order valence-electron chi connectivity index (χ1n) is 12.4. The van der Waals surface area contributed by atoms with Gasteiger partial charge in [-0.3, -0.25) is 0 Å². The molecule has 3 aliphatic rings. The largest absolute Gasteiger partial charge is 0.491 e. The van der Waals surface area contributed by atoms with Gasteiger partial charge in [0.05, 0.1) is 6.61 Å². The van der Waals surface area contributed by atoms with Gasteiger partial charge >= 0.3 is 0 Å². The van der Waals surface area contributed by atoms with Gasteiger partial charge < -0.3 is 9.47 Å². The highest BCUT2D eigenvalue weighted by atomic mass is 19.2. The molecule has 1 heterocycles. The Hall–Kier alpha value is -1.32. The minimum atomic E-state index is -0.918. The molecule has 2 fully saturated rings. The summed E-state index contributed by atoms with van der Waals surface area (Å²) in [5.74, 6) is 1.56. The lowest BCUT2D eigenvalue weighted by molar-refractivity contribution is 0.0561. The van der Waals surface area contributed by atoms with Crippen molar-refractivity contribution in [1.82, 2.24) is 0 Å². The van der Waals surface area contributed by atoms with Crippen molar-refractivity contribution >= 4 is 0 Å². The van der Waals surface area contributed by atoms with Crippen LogP contribution in [0.25, 0.3) is 0 Å². The molecule has 168 valence electrons. The summed E-state index contributed by atoms with van der Waals surface area (Å²) >= 11 is 0. The van der Waals surface area contributed by atoms with Gasteiger partial charge in [-0.15, -0.1) is 0 Å². The van der Waals surface area contributed by atoms with Crippen LogP contribution in [0.1, 0.15) is 90.0 Å². The second-order valence-corrected chi connectivity index (χ2v) is 9.86. The minimum Gasteiger partial charge on any atom is -0.491 e. The second-order valence-electron chi connectivity index (χ2n) is 9.86. The van der Waals surface area contributed by atoms with Gasteiger partial charge in [0.1, 0.15) is 6.10 Å². The highest BCUT2D eigenvalue weighted by Crippen LogP contribution is 2.45. The van der Waals surface area contributed by atoms with Gasteiger partial charge in [-0.05, 0) is 88.0 Å². The summed E-state index contributed by atoms with van der Waals surface area (Å²) in [7, 11) is 0. The standard InChI is InChI=1S/C26H38F2O2/c1-3-5-17-6-8-18(9-7-17)19-10-12-20(13-11-19)22-15-14-21-16-23(29-4-2)24(27)25(28)26(21)30-22/h16-20,22H,3-15H2,1-2H3. The topological polar surface area (TPSA) is 18.5 Å². The Kier molecular flexibility index (Phi) is 7.20. The summed E-state index contributed by atoms with van der Waals surface area (Å²) in [5.41, 5.74) is 0.742. The van der Waals surface area contributed by atoms with Crippen molar-refractivity contribution in [2.75, 3.05) is 6.61 Å². The maximum absolute atomic E-state index is 14.6. The second kappa shape index (κ2) is 9.87. The van der Waals surface area contributed by atoms with E-state index in [9.17, 15) is 8.78 Å². The fourth-order valence-electron chi connectivity index (χ4n) is 6.39. The molecule has 2 nitrogen and oxygen atoms in total. The summed E-state index contributed by atoms with van der Waals surface area (Å²) in [6.07, 6.45) is 14.9. The third kappa shape index (κ3) is 4.62. The first kappa shape index (κ1) is 21.9. The number of ether oxygens (including phenoxy) is 2. The highest BCUT2D eigenvalue weighted by molar-refractivity contribution is 5.44. The van der Waals surface area contributed by atoms with Gasteiger partial charge in [0, 0.05) is 5.56 Å². The molecule has 4 rings (SSSR count). The number of aryl methyl sites for hydroxylation is 1. The molecule has 0 spiro atoms. The Morgan fingerprint density at radius 1 is 0.867 bits per heavy atom. The molecule has 2 saturated carbocycles. The van der Waals surface area contributed by atoms with Crippen molar-refractivity contribution < 1.29 is 18.3 Å². The predicted octanol–water partition coefficient (Wildman–Crippen LogP) is 7.47. The molecule has 0 aromatic heterocycles. The molecular weight excluding hydrogens is 382 g/mol. The Bertz CT molecular complexity index is 703. The summed E-state index contributed by atoms with van der Waals surface area (Å²) in [6, 6.07) is 1.62. The summed E-state index contributed by atoms with van der Waals surface area (Å²) in [4.78, 5) is 0. The van der Waals surface area contributed by atoms with Crippen molar-refractivity contribution in [2.24, 2.45) is 23.7 Å². The zero-order chi connectivity index (χ0) is 21.1. The van der Waals surface area contributed by atoms with Crippen LogP contribution in [0.5, 0.6) is 11.5 Å². The van der Waals surface area contributed by atoms with Gasteiger partial charge in [-0.25, -0.2) is 0 Å². The molecule has 1 atom stereocenters. The van der Waals surface area contributed by atoms with Crippen LogP contribution in [0.15, 0.2) is 6.07 Å². The Balaban J connectivity index is 1.32. The van der Waals surface area contributed by atoms with Crippen molar-refractivity contribution in [3.63, 3.8) is 0 Å². The minimum absolute atomic E-state index is 0.00460. The molecule has 0 saturated heterocycles. The third-order valence-corrected chi connectivity index (χ3v) is 8.07. The van der Waals surface area contributed by atoms with Crippen LogP contribution in [0.2, 0.25) is 0 Å². The first-order chi connectivity index (χ1) is 14.6. The van der Waals surface area contributed by atoms with E-state index in [1.807, 2.05) is 0 Å². The lowest BCUT2D eigenvalue weighted by Crippen LogP contribution is -2.35. The zero-order valence-corrected chi connectivity index (χ0v) is 18.7. The molecule has 1 unspecified atom stereocenters. The van der Waals surface area contributed by atoms with Gasteiger partial charge in [-0.1, -0.05) is 32.6 Å². The number of fused-ring (bicyclic) bond motifs is 1. The maximum Gasteiger partial charge on any atom is 0.204 e. The van der Waals surface area contributed by atoms with Crippen LogP contribution in [-0.4, -0.2) is 12.7 Å². The number of benzene rings is 1. The van der Waals surface area contributed by atoms with E-state index in [2.05, 4.69) is 6.92 Å². The van der Waals surface area contributed by atoms with Gasteiger partial charge in [0.15, 0.2) is 11.5 Å². The van der Waals surface area contributed by atoms with Gasteiger partial charge in [0.25, 0.3) is 0 Å². The van der Waals surface area contributed by atoms with E-state index in [0.29, 0.717) is 12.5 Å². The summed E-state index contributed by atoms with van der Waals surface area (Å²) in [6.45, 7) is 4.40. The molecule has 0 N–H and O–H groups in total. The zero-order valence-electron chi connectivity index (χ0n) is 18.7. The molecule has 0 bridgehead atoms. The van der Waals surface area contributed by atoms with E-state index in [1.165, 1.54) is 64.2 Å². The van der Waals surface area contributed by atoms with Crippen LogP contribution < -0.4 is 9.47 Å². The summed E-state index contributed by atoms with van der Waals surface area (Å²) < 4.78 is 40.2. The fraction of sp³-hybridized carbons (Fsp3) is 0.769. The highest BCUT2D eigenvalue weighted by Gasteiger charge is 2.36. The Labute approximate surface area is 180 Å². The van der Waals surface area contributed by atoms with Crippen molar-refractivity contribution in [3.8, 4) is 11.5 Å². The van der Waals surface area contributed by atoms with E-state index in [-0.39, 0.29) is 17.6 Å². The van der Waals surface area contributed by atoms with E-state index in [1.54, 1.807) is 13.0 Å². The van der Waals surface area contributed by atoms with Gasteiger partial charge in [-0.2, -0.15) is 8.78 Å². The third-order valence-electron chi connectivity index (χ3n) is 8.07. The number of hydrogen-bond acceptors (Lipinski definition) is 2. The lowest BCUT2D eigenvalue weighted by Gasteiger charge is -2.40. The molecule has 2 aliphatic carbocycles. The van der Waals surface area contributed by atoms with Crippen molar-refractivity contribution in [3.05, 3.63) is 23.3 Å². The molecule has 0 radical (unpaired) electrons. The molecule has 1 aromatic carbocycles. The van der Waals surface area contributed by atoms with Crippen LogP contribution in [0, 0.1) is 35.3 Å². The number of rotatable bonds is 6.